The highest BCUT2D eigenvalue weighted by atomic mass is 14.5. The first-order valence-corrected chi connectivity index (χ1v) is 2.88. The second-order valence-corrected chi connectivity index (χ2v) is 2.25. The Kier molecular flexibility index (Phi) is 3.30. The number of terminal acetylenes is 1. The summed E-state index contributed by atoms with van der Waals surface area (Å²) in [6, 6.07) is 0. The van der Waals surface area contributed by atoms with Crippen molar-refractivity contribution in [2.24, 2.45) is 17.6 Å². The van der Waals surface area contributed by atoms with Gasteiger partial charge < -0.3 is 5.73 Å². The summed E-state index contributed by atoms with van der Waals surface area (Å²) < 4.78 is 0. The van der Waals surface area contributed by atoms with Gasteiger partial charge in [0.25, 0.3) is 0 Å². The Hall–Kier alpha value is -0.480. The monoisotopic (exact) mass is 111 g/mol. The van der Waals surface area contributed by atoms with Gasteiger partial charge in [-0.05, 0) is 5.92 Å². The number of rotatable bonds is 2. The molecule has 1 atom stereocenters. The molecule has 0 aliphatic carbocycles. The molecule has 0 heterocycles. The van der Waals surface area contributed by atoms with Gasteiger partial charge in [0.15, 0.2) is 0 Å². The Bertz CT molecular complexity index is 89.1. The maximum Gasteiger partial charge on any atom is 0.0345 e. The van der Waals surface area contributed by atoms with E-state index in [0.717, 1.165) is 0 Å². The fourth-order valence-electron chi connectivity index (χ4n) is 0.533. The molecule has 46 valence electrons. The van der Waals surface area contributed by atoms with E-state index in [1.165, 1.54) is 0 Å². The summed E-state index contributed by atoms with van der Waals surface area (Å²) >= 11 is 0. The Morgan fingerprint density at radius 2 is 2.12 bits per heavy atom. The lowest BCUT2D eigenvalue weighted by Crippen LogP contribution is -2.17. The summed E-state index contributed by atoms with van der Waals surface area (Å²) in [5.74, 6) is 3.40. The van der Waals surface area contributed by atoms with Gasteiger partial charge in [-0.3, -0.25) is 0 Å². The van der Waals surface area contributed by atoms with Crippen molar-refractivity contribution in [3.05, 3.63) is 0 Å². The lowest BCUT2D eigenvalue weighted by molar-refractivity contribution is 0.490. The first-order valence-electron chi connectivity index (χ1n) is 2.88. The zero-order valence-corrected chi connectivity index (χ0v) is 5.52. The molecule has 8 heavy (non-hydrogen) atoms. The predicted molar refractivity (Wildman–Crippen MR) is 36.2 cm³/mol. The van der Waals surface area contributed by atoms with E-state index in [0.29, 0.717) is 12.5 Å². The Morgan fingerprint density at radius 3 is 2.12 bits per heavy atom. The first-order chi connectivity index (χ1) is 3.72. The third kappa shape index (κ3) is 1.99. The molecular formula is C7H13N. The van der Waals surface area contributed by atoms with Crippen LogP contribution in [-0.2, 0) is 0 Å². The van der Waals surface area contributed by atoms with Crippen LogP contribution < -0.4 is 5.73 Å². The van der Waals surface area contributed by atoms with Crippen molar-refractivity contribution in [3.63, 3.8) is 0 Å². The maximum atomic E-state index is 5.34. The summed E-state index contributed by atoms with van der Waals surface area (Å²) in [5.41, 5.74) is 5.34. The molecule has 0 saturated heterocycles. The molecule has 0 fully saturated rings. The quantitative estimate of drug-likeness (QED) is 0.525. The molecular weight excluding hydrogens is 98.1 g/mol. The van der Waals surface area contributed by atoms with E-state index in [9.17, 15) is 0 Å². The van der Waals surface area contributed by atoms with E-state index >= 15 is 0 Å². The van der Waals surface area contributed by atoms with Crippen molar-refractivity contribution in [1.82, 2.24) is 0 Å². The van der Waals surface area contributed by atoms with E-state index in [2.05, 4.69) is 19.8 Å². The topological polar surface area (TPSA) is 26.0 Å². The van der Waals surface area contributed by atoms with Gasteiger partial charge in [0, 0.05) is 12.5 Å². The predicted octanol–water partition coefficient (Wildman–Crippen LogP) is 0.851. The molecule has 0 aromatic carbocycles. The highest BCUT2D eigenvalue weighted by Gasteiger charge is 2.05. The highest BCUT2D eigenvalue weighted by molar-refractivity contribution is 4.94. The van der Waals surface area contributed by atoms with Crippen LogP contribution in [0.5, 0.6) is 0 Å². The summed E-state index contributed by atoms with van der Waals surface area (Å²) in [7, 11) is 0. The molecule has 2 N–H and O–H groups in total. The normalized spacial score (nSPS) is 13.4. The number of hydrogen-bond donors (Lipinski definition) is 1. The second-order valence-electron chi connectivity index (χ2n) is 2.25. The van der Waals surface area contributed by atoms with Crippen molar-refractivity contribution in [2.45, 2.75) is 13.8 Å². The summed E-state index contributed by atoms with van der Waals surface area (Å²) in [6.45, 7) is 4.77. The molecule has 0 bridgehead atoms. The maximum absolute atomic E-state index is 5.34. The van der Waals surface area contributed by atoms with Crippen LogP contribution >= 0.6 is 0 Å². The molecule has 0 aliphatic rings. The molecule has 0 amide bonds. The van der Waals surface area contributed by atoms with Crippen LogP contribution in [0.4, 0.5) is 0 Å². The molecule has 0 aromatic heterocycles. The minimum atomic E-state index is 0.259. The lowest BCUT2D eigenvalue weighted by atomic mass is 9.97. The minimum Gasteiger partial charge on any atom is -0.329 e. The minimum absolute atomic E-state index is 0.259. The highest BCUT2D eigenvalue weighted by Crippen LogP contribution is 2.05. The third-order valence-corrected chi connectivity index (χ3v) is 1.27. The number of nitrogens with two attached hydrogens (primary N) is 1. The summed E-state index contributed by atoms with van der Waals surface area (Å²) in [5, 5.41) is 0. The van der Waals surface area contributed by atoms with Crippen LogP contribution in [0.3, 0.4) is 0 Å². The van der Waals surface area contributed by atoms with Gasteiger partial charge in [0.05, 0.1) is 0 Å². The first kappa shape index (κ1) is 7.52. The molecule has 0 radical (unpaired) electrons. The average Bonchev–Trinajstić information content (AvgIpc) is 1.69. The average molecular weight is 111 g/mol. The van der Waals surface area contributed by atoms with Crippen molar-refractivity contribution in [1.29, 1.82) is 0 Å². The Balaban J connectivity index is 3.57. The standard InChI is InChI=1S/C7H13N/c1-4-7(5-8)6(2)3/h1,6-7H,5,8H2,2-3H3. The smallest absolute Gasteiger partial charge is 0.0345 e. The van der Waals surface area contributed by atoms with Crippen molar-refractivity contribution < 1.29 is 0 Å². The SMILES string of the molecule is C#CC(CN)C(C)C. The molecule has 1 nitrogen and oxygen atoms in total. The van der Waals surface area contributed by atoms with E-state index < -0.39 is 0 Å². The van der Waals surface area contributed by atoms with Crippen LogP contribution in [0.25, 0.3) is 0 Å². The lowest BCUT2D eigenvalue weighted by Gasteiger charge is -2.09. The van der Waals surface area contributed by atoms with Gasteiger partial charge in [-0.1, -0.05) is 13.8 Å². The van der Waals surface area contributed by atoms with Crippen molar-refractivity contribution in [3.8, 4) is 12.3 Å². The molecule has 0 saturated carbocycles. The Morgan fingerprint density at radius 1 is 1.62 bits per heavy atom. The van der Waals surface area contributed by atoms with Gasteiger partial charge in [-0.25, -0.2) is 0 Å². The van der Waals surface area contributed by atoms with E-state index in [1.54, 1.807) is 0 Å². The molecule has 0 aliphatic heterocycles. The molecule has 0 aromatic rings. The summed E-state index contributed by atoms with van der Waals surface area (Å²) in [6.07, 6.45) is 5.15. The van der Waals surface area contributed by atoms with Gasteiger partial charge in [-0.2, -0.15) is 0 Å². The fourth-order valence-corrected chi connectivity index (χ4v) is 0.533. The zero-order chi connectivity index (χ0) is 6.57. The fraction of sp³-hybridized carbons (Fsp3) is 0.714. The molecule has 1 unspecified atom stereocenters. The molecule has 0 rings (SSSR count). The summed E-state index contributed by atoms with van der Waals surface area (Å²) in [4.78, 5) is 0. The largest absolute Gasteiger partial charge is 0.329 e. The van der Waals surface area contributed by atoms with Crippen LogP contribution in [0.15, 0.2) is 0 Å². The zero-order valence-electron chi connectivity index (χ0n) is 5.52. The van der Waals surface area contributed by atoms with Gasteiger partial charge in [-0.15, -0.1) is 12.3 Å². The van der Waals surface area contributed by atoms with E-state index in [4.69, 9.17) is 12.2 Å². The number of hydrogen-bond acceptors (Lipinski definition) is 1. The van der Waals surface area contributed by atoms with E-state index in [-0.39, 0.29) is 5.92 Å². The Labute approximate surface area is 51.3 Å². The second kappa shape index (κ2) is 3.51. The van der Waals surface area contributed by atoms with Gasteiger partial charge in [0.2, 0.25) is 0 Å². The van der Waals surface area contributed by atoms with Crippen LogP contribution in [-0.4, -0.2) is 6.54 Å². The molecule has 0 spiro atoms. The van der Waals surface area contributed by atoms with Crippen molar-refractivity contribution >= 4 is 0 Å². The molecule has 1 heteroatoms. The van der Waals surface area contributed by atoms with Crippen LogP contribution in [0, 0.1) is 24.2 Å². The van der Waals surface area contributed by atoms with E-state index in [1.807, 2.05) is 0 Å². The van der Waals surface area contributed by atoms with Gasteiger partial charge in [0.1, 0.15) is 0 Å². The third-order valence-electron chi connectivity index (χ3n) is 1.27. The van der Waals surface area contributed by atoms with Crippen LogP contribution in [0.1, 0.15) is 13.8 Å². The van der Waals surface area contributed by atoms with Gasteiger partial charge >= 0.3 is 0 Å². The van der Waals surface area contributed by atoms with Crippen molar-refractivity contribution in [2.75, 3.05) is 6.54 Å². The van der Waals surface area contributed by atoms with Crippen LogP contribution in [0.2, 0.25) is 0 Å².